The Morgan fingerprint density at radius 2 is 2.00 bits per heavy atom. The Kier molecular flexibility index (Phi) is 5.66. The van der Waals surface area contributed by atoms with E-state index in [-0.39, 0.29) is 17.0 Å². The van der Waals surface area contributed by atoms with Gasteiger partial charge in [0.05, 0.1) is 14.7 Å². The van der Waals surface area contributed by atoms with Crippen LogP contribution in [0.25, 0.3) is 0 Å². The zero-order chi connectivity index (χ0) is 17.0. The molecule has 0 fully saturated rings. The van der Waals surface area contributed by atoms with Gasteiger partial charge in [-0.2, -0.15) is 5.10 Å². The van der Waals surface area contributed by atoms with Crippen LogP contribution in [0.15, 0.2) is 46.0 Å². The van der Waals surface area contributed by atoms with Crippen LogP contribution in [0.5, 0.6) is 5.75 Å². The van der Waals surface area contributed by atoms with Crippen molar-refractivity contribution in [2.24, 2.45) is 5.10 Å². The van der Waals surface area contributed by atoms with Crippen molar-refractivity contribution in [3.05, 3.63) is 65.7 Å². The van der Waals surface area contributed by atoms with Crippen molar-refractivity contribution in [2.45, 2.75) is 0 Å². The maximum absolute atomic E-state index is 11.9. The van der Waals surface area contributed by atoms with Crippen molar-refractivity contribution in [1.29, 1.82) is 0 Å². The van der Waals surface area contributed by atoms with Gasteiger partial charge in [-0.05, 0) is 46.9 Å². The molecular weight excluding hydrogens is 481 g/mol. The molecule has 7 nitrogen and oxygen atoms in total. The minimum Gasteiger partial charge on any atom is -0.506 e. The van der Waals surface area contributed by atoms with Gasteiger partial charge in [-0.3, -0.25) is 14.9 Å². The quantitative estimate of drug-likeness (QED) is 0.297. The molecule has 0 saturated heterocycles. The number of hydrazone groups is 1. The Morgan fingerprint density at radius 3 is 2.61 bits per heavy atom. The summed E-state index contributed by atoms with van der Waals surface area (Å²) in [5.74, 6) is -0.456. The number of halogens is 2. The molecule has 0 aliphatic rings. The molecule has 0 saturated carbocycles. The highest BCUT2D eigenvalue weighted by molar-refractivity contribution is 14.1. The SMILES string of the molecule is O=C(N/N=C\c1cc(Br)cc(I)c1O)c1ccc([N+](=O)[O-])cc1. The van der Waals surface area contributed by atoms with Crippen LogP contribution in [-0.4, -0.2) is 22.2 Å². The number of hydrogen-bond acceptors (Lipinski definition) is 5. The third-order valence-electron chi connectivity index (χ3n) is 2.77. The molecule has 0 aliphatic heterocycles. The van der Waals surface area contributed by atoms with E-state index in [2.05, 4.69) is 26.5 Å². The predicted molar refractivity (Wildman–Crippen MR) is 96.7 cm³/mol. The van der Waals surface area contributed by atoms with Crippen molar-refractivity contribution in [3.63, 3.8) is 0 Å². The molecule has 2 rings (SSSR count). The van der Waals surface area contributed by atoms with Crippen molar-refractivity contribution in [3.8, 4) is 5.75 Å². The lowest BCUT2D eigenvalue weighted by Crippen LogP contribution is -2.17. The van der Waals surface area contributed by atoms with E-state index in [1.165, 1.54) is 30.5 Å². The van der Waals surface area contributed by atoms with Gasteiger partial charge >= 0.3 is 0 Å². The summed E-state index contributed by atoms with van der Waals surface area (Å²) in [5, 5.41) is 24.2. The number of nitrogens with one attached hydrogen (secondary N) is 1. The lowest BCUT2D eigenvalue weighted by molar-refractivity contribution is -0.384. The van der Waals surface area contributed by atoms with E-state index in [9.17, 15) is 20.0 Å². The Hall–Kier alpha value is -2.01. The summed E-state index contributed by atoms with van der Waals surface area (Å²) in [6.45, 7) is 0. The first-order valence-electron chi connectivity index (χ1n) is 6.14. The summed E-state index contributed by atoms with van der Waals surface area (Å²) in [5.41, 5.74) is 2.87. The molecule has 0 aliphatic carbocycles. The first kappa shape index (κ1) is 17.3. The zero-order valence-corrected chi connectivity index (χ0v) is 15.1. The van der Waals surface area contributed by atoms with Gasteiger partial charge in [0.25, 0.3) is 11.6 Å². The lowest BCUT2D eigenvalue weighted by Gasteiger charge is -2.03. The number of hydrogen-bond donors (Lipinski definition) is 2. The lowest BCUT2D eigenvalue weighted by atomic mass is 10.2. The first-order chi connectivity index (χ1) is 10.9. The summed E-state index contributed by atoms with van der Waals surface area (Å²) in [6.07, 6.45) is 1.31. The topological polar surface area (TPSA) is 105 Å². The highest BCUT2D eigenvalue weighted by Crippen LogP contribution is 2.27. The third kappa shape index (κ3) is 4.48. The summed E-state index contributed by atoms with van der Waals surface area (Å²) in [4.78, 5) is 21.9. The highest BCUT2D eigenvalue weighted by atomic mass is 127. The van der Waals surface area contributed by atoms with Crippen LogP contribution < -0.4 is 5.43 Å². The fourth-order valence-electron chi connectivity index (χ4n) is 1.64. The largest absolute Gasteiger partial charge is 0.506 e. The summed E-state index contributed by atoms with van der Waals surface area (Å²) in [6, 6.07) is 8.54. The standard InChI is InChI=1S/C14H9BrIN3O4/c15-10-5-9(13(20)12(16)6-10)7-17-18-14(21)8-1-3-11(4-2-8)19(22)23/h1-7,20H,(H,18,21)/b17-7-. The van der Waals surface area contributed by atoms with Crippen LogP contribution >= 0.6 is 38.5 Å². The van der Waals surface area contributed by atoms with Gasteiger partial charge in [-0.1, -0.05) is 15.9 Å². The van der Waals surface area contributed by atoms with Crippen molar-refractivity contribution in [1.82, 2.24) is 5.43 Å². The molecule has 2 aromatic rings. The second kappa shape index (κ2) is 7.51. The maximum atomic E-state index is 11.9. The number of aromatic hydroxyl groups is 1. The number of benzene rings is 2. The molecule has 0 bridgehead atoms. The number of nitro groups is 1. The average Bonchev–Trinajstić information content (AvgIpc) is 2.51. The molecule has 23 heavy (non-hydrogen) atoms. The molecule has 118 valence electrons. The van der Waals surface area contributed by atoms with E-state index in [4.69, 9.17) is 0 Å². The van der Waals surface area contributed by atoms with Crippen LogP contribution in [0.4, 0.5) is 5.69 Å². The second-order valence-corrected chi connectivity index (χ2v) is 6.41. The van der Waals surface area contributed by atoms with Crippen LogP contribution in [0.3, 0.4) is 0 Å². The van der Waals surface area contributed by atoms with Crippen molar-refractivity contribution in [2.75, 3.05) is 0 Å². The van der Waals surface area contributed by atoms with Gasteiger partial charge < -0.3 is 5.11 Å². The van der Waals surface area contributed by atoms with Gasteiger partial charge in [0.15, 0.2) is 0 Å². The van der Waals surface area contributed by atoms with Crippen LogP contribution in [0.2, 0.25) is 0 Å². The Labute approximate surface area is 152 Å². The minimum absolute atomic E-state index is 0.0575. The monoisotopic (exact) mass is 489 g/mol. The first-order valence-corrected chi connectivity index (χ1v) is 8.01. The van der Waals surface area contributed by atoms with Gasteiger partial charge in [0.2, 0.25) is 0 Å². The Morgan fingerprint density at radius 1 is 1.35 bits per heavy atom. The van der Waals surface area contributed by atoms with E-state index in [0.29, 0.717) is 9.13 Å². The molecule has 0 spiro atoms. The van der Waals surface area contributed by atoms with E-state index in [1.807, 2.05) is 22.6 Å². The number of nitro benzene ring substituents is 1. The number of phenolic OH excluding ortho intramolecular Hbond substituents is 1. The number of non-ortho nitro benzene ring substituents is 1. The number of nitrogens with zero attached hydrogens (tertiary/aromatic N) is 2. The molecule has 2 aromatic carbocycles. The van der Waals surface area contributed by atoms with Gasteiger partial charge in [-0.15, -0.1) is 0 Å². The van der Waals surface area contributed by atoms with E-state index in [0.717, 1.165) is 4.47 Å². The molecule has 0 unspecified atom stereocenters. The third-order valence-corrected chi connectivity index (χ3v) is 4.05. The van der Waals surface area contributed by atoms with E-state index in [1.54, 1.807) is 12.1 Å². The summed E-state index contributed by atoms with van der Waals surface area (Å²) < 4.78 is 1.41. The molecule has 9 heteroatoms. The average molecular weight is 490 g/mol. The van der Waals surface area contributed by atoms with Gasteiger partial charge in [0, 0.05) is 27.7 Å². The number of carbonyl (C=O) groups excluding carboxylic acids is 1. The Balaban J connectivity index is 2.08. The summed E-state index contributed by atoms with van der Waals surface area (Å²) in [7, 11) is 0. The van der Waals surface area contributed by atoms with Crippen LogP contribution in [0, 0.1) is 13.7 Å². The number of rotatable bonds is 4. The number of carbonyl (C=O) groups is 1. The molecule has 2 N–H and O–H groups in total. The molecule has 1 amide bonds. The number of amides is 1. The smallest absolute Gasteiger partial charge is 0.271 e. The second-order valence-electron chi connectivity index (χ2n) is 4.33. The Bertz CT molecular complexity index is 793. The number of phenols is 1. The van der Waals surface area contributed by atoms with Crippen molar-refractivity contribution >= 4 is 56.3 Å². The molecular formula is C14H9BrIN3O4. The fraction of sp³-hybridized carbons (Fsp3) is 0. The summed E-state index contributed by atoms with van der Waals surface area (Å²) >= 11 is 5.28. The van der Waals surface area contributed by atoms with Gasteiger partial charge in [0.1, 0.15) is 5.75 Å². The normalized spacial score (nSPS) is 10.7. The molecule has 0 aromatic heterocycles. The van der Waals surface area contributed by atoms with Crippen LogP contribution in [-0.2, 0) is 0 Å². The van der Waals surface area contributed by atoms with Crippen LogP contribution in [0.1, 0.15) is 15.9 Å². The minimum atomic E-state index is -0.544. The maximum Gasteiger partial charge on any atom is 0.271 e. The fourth-order valence-corrected chi connectivity index (χ4v) is 3.19. The molecule has 0 radical (unpaired) electrons. The molecule has 0 heterocycles. The van der Waals surface area contributed by atoms with Gasteiger partial charge in [-0.25, -0.2) is 5.43 Å². The zero-order valence-electron chi connectivity index (χ0n) is 11.4. The van der Waals surface area contributed by atoms with Crippen molar-refractivity contribution < 1.29 is 14.8 Å². The molecule has 0 atom stereocenters. The highest BCUT2D eigenvalue weighted by Gasteiger charge is 2.09. The van der Waals surface area contributed by atoms with E-state index >= 15 is 0 Å². The predicted octanol–water partition coefficient (Wildman–Crippen LogP) is 3.43. The van der Waals surface area contributed by atoms with E-state index < -0.39 is 10.8 Å².